The van der Waals surface area contributed by atoms with Crippen LogP contribution in [0.25, 0.3) is 10.9 Å². The fraction of sp³-hybridized carbons (Fsp3) is 0.500. The topological polar surface area (TPSA) is 32.9 Å². The first-order valence-electron chi connectivity index (χ1n) is 7.59. The summed E-state index contributed by atoms with van der Waals surface area (Å²) in [4.78, 5) is 15.5. The third-order valence-corrected chi connectivity index (χ3v) is 4.39. The second-order valence-corrected chi connectivity index (χ2v) is 6.26. The molecule has 1 atom stereocenters. The van der Waals surface area contributed by atoms with Crippen LogP contribution in [0.5, 0.6) is 0 Å². The molecule has 2 heteroatoms. The molecule has 108 valence electrons. The van der Waals surface area contributed by atoms with E-state index >= 15 is 0 Å². The van der Waals surface area contributed by atoms with Crippen molar-refractivity contribution in [1.82, 2.24) is 4.98 Å². The average molecular weight is 271 g/mol. The molecule has 0 aliphatic heterocycles. The van der Waals surface area contributed by atoms with Crippen LogP contribution in [0.3, 0.4) is 0 Å². The lowest BCUT2D eigenvalue weighted by Crippen LogP contribution is -2.25. The third-order valence-electron chi connectivity index (χ3n) is 4.39. The number of nitrogens with one attached hydrogen (secondary N) is 1. The van der Waals surface area contributed by atoms with E-state index in [1.54, 1.807) is 0 Å². The summed E-state index contributed by atoms with van der Waals surface area (Å²) in [6, 6.07) is 8.40. The molecule has 0 aliphatic rings. The van der Waals surface area contributed by atoms with Crippen molar-refractivity contribution < 1.29 is 4.79 Å². The molecule has 0 saturated heterocycles. The van der Waals surface area contributed by atoms with Crippen molar-refractivity contribution in [2.45, 2.75) is 52.9 Å². The number of Topliss-reactive ketones (excluding diaryl/α,β-unsaturated/α-hetero) is 1. The summed E-state index contributed by atoms with van der Waals surface area (Å²) < 4.78 is 0. The minimum Gasteiger partial charge on any atom is -0.361 e. The highest BCUT2D eigenvalue weighted by Crippen LogP contribution is 2.37. The molecule has 0 aliphatic carbocycles. The van der Waals surface area contributed by atoms with Gasteiger partial charge in [-0.3, -0.25) is 4.79 Å². The molecule has 0 fully saturated rings. The van der Waals surface area contributed by atoms with Gasteiger partial charge in [0.1, 0.15) is 5.78 Å². The van der Waals surface area contributed by atoms with Crippen LogP contribution < -0.4 is 0 Å². The maximum Gasteiger partial charge on any atom is 0.138 e. The number of benzene rings is 1. The van der Waals surface area contributed by atoms with Crippen molar-refractivity contribution in [2.75, 3.05) is 0 Å². The van der Waals surface area contributed by atoms with Crippen LogP contribution >= 0.6 is 0 Å². The SMILES string of the molecule is CCC(=O)C(C)(C)CC(CC)c1c[nH]c2ccccc12. The Morgan fingerprint density at radius 2 is 1.95 bits per heavy atom. The molecule has 0 bridgehead atoms. The number of rotatable bonds is 6. The summed E-state index contributed by atoms with van der Waals surface area (Å²) in [7, 11) is 0. The van der Waals surface area contributed by atoms with E-state index < -0.39 is 0 Å². The number of carbonyl (C=O) groups excluding carboxylic acids is 1. The van der Waals surface area contributed by atoms with Crippen molar-refractivity contribution in [1.29, 1.82) is 0 Å². The molecule has 2 aromatic rings. The largest absolute Gasteiger partial charge is 0.361 e. The number of para-hydroxylation sites is 1. The van der Waals surface area contributed by atoms with Gasteiger partial charge in [0.2, 0.25) is 0 Å². The summed E-state index contributed by atoms with van der Waals surface area (Å²) in [5, 5.41) is 1.29. The molecule has 1 N–H and O–H groups in total. The van der Waals surface area contributed by atoms with Gasteiger partial charge < -0.3 is 4.98 Å². The zero-order chi connectivity index (χ0) is 14.8. The summed E-state index contributed by atoms with van der Waals surface area (Å²) in [5.41, 5.74) is 2.29. The van der Waals surface area contributed by atoms with Gasteiger partial charge in [-0.05, 0) is 30.4 Å². The van der Waals surface area contributed by atoms with Crippen molar-refractivity contribution in [3.05, 3.63) is 36.0 Å². The summed E-state index contributed by atoms with van der Waals surface area (Å²) in [6.45, 7) is 8.32. The molecule has 0 radical (unpaired) electrons. The Labute approximate surface area is 121 Å². The van der Waals surface area contributed by atoms with Crippen LogP contribution in [0.4, 0.5) is 0 Å². The van der Waals surface area contributed by atoms with Gasteiger partial charge in [0, 0.05) is 28.9 Å². The molecule has 2 nitrogen and oxygen atoms in total. The Morgan fingerprint density at radius 1 is 1.25 bits per heavy atom. The maximum absolute atomic E-state index is 12.1. The quantitative estimate of drug-likeness (QED) is 0.783. The molecule has 0 amide bonds. The van der Waals surface area contributed by atoms with E-state index in [1.165, 1.54) is 16.5 Å². The molecular formula is C18H25NO. The van der Waals surface area contributed by atoms with Crippen LogP contribution in [0.2, 0.25) is 0 Å². The Hall–Kier alpha value is -1.57. The smallest absolute Gasteiger partial charge is 0.138 e. The number of aromatic nitrogens is 1. The van der Waals surface area contributed by atoms with Gasteiger partial charge in [-0.2, -0.15) is 0 Å². The van der Waals surface area contributed by atoms with E-state index in [2.05, 4.69) is 50.2 Å². The lowest BCUT2D eigenvalue weighted by Gasteiger charge is -2.27. The van der Waals surface area contributed by atoms with Crippen molar-refractivity contribution in [3.63, 3.8) is 0 Å². The van der Waals surface area contributed by atoms with Gasteiger partial charge in [-0.25, -0.2) is 0 Å². The van der Waals surface area contributed by atoms with Gasteiger partial charge in [-0.15, -0.1) is 0 Å². The monoisotopic (exact) mass is 271 g/mol. The van der Waals surface area contributed by atoms with Crippen molar-refractivity contribution in [2.24, 2.45) is 5.41 Å². The van der Waals surface area contributed by atoms with Crippen molar-refractivity contribution in [3.8, 4) is 0 Å². The van der Waals surface area contributed by atoms with Crippen LogP contribution in [-0.4, -0.2) is 10.8 Å². The standard InChI is InChI=1S/C18H25NO/c1-5-13(11-18(3,4)17(20)6-2)15-12-19-16-10-8-7-9-14(15)16/h7-10,12-13,19H,5-6,11H2,1-4H3. The van der Waals surface area contributed by atoms with Crippen LogP contribution in [0.1, 0.15) is 58.4 Å². The van der Waals surface area contributed by atoms with Crippen LogP contribution in [0, 0.1) is 5.41 Å². The number of hydrogen-bond acceptors (Lipinski definition) is 1. The fourth-order valence-corrected chi connectivity index (χ4v) is 3.11. The highest BCUT2D eigenvalue weighted by Gasteiger charge is 2.30. The zero-order valence-corrected chi connectivity index (χ0v) is 13.0. The molecule has 2 rings (SSSR count). The van der Waals surface area contributed by atoms with E-state index in [4.69, 9.17) is 0 Å². The number of fused-ring (bicyclic) bond motifs is 1. The molecule has 0 saturated carbocycles. The normalized spacial score (nSPS) is 13.6. The molecule has 1 heterocycles. The Morgan fingerprint density at radius 3 is 2.60 bits per heavy atom. The maximum atomic E-state index is 12.1. The Kier molecular flexibility index (Phi) is 4.32. The number of H-pyrrole nitrogens is 1. The third kappa shape index (κ3) is 2.79. The van der Waals surface area contributed by atoms with Crippen LogP contribution in [-0.2, 0) is 4.79 Å². The first-order chi connectivity index (χ1) is 9.49. The van der Waals surface area contributed by atoms with Gasteiger partial charge >= 0.3 is 0 Å². The molecule has 20 heavy (non-hydrogen) atoms. The lowest BCUT2D eigenvalue weighted by atomic mass is 9.75. The predicted octanol–water partition coefficient (Wildman–Crippen LogP) is 5.06. The van der Waals surface area contributed by atoms with Crippen LogP contribution in [0.15, 0.2) is 30.5 Å². The Balaban J connectivity index is 2.31. The highest BCUT2D eigenvalue weighted by atomic mass is 16.1. The van der Waals surface area contributed by atoms with Gasteiger partial charge in [0.25, 0.3) is 0 Å². The molecule has 1 aromatic carbocycles. The van der Waals surface area contributed by atoms with E-state index in [9.17, 15) is 4.79 Å². The molecule has 1 aromatic heterocycles. The van der Waals surface area contributed by atoms with E-state index in [0.717, 1.165) is 12.8 Å². The average Bonchev–Trinajstić information content (AvgIpc) is 2.87. The first kappa shape index (κ1) is 14.8. The number of hydrogen-bond donors (Lipinski definition) is 1. The molecule has 1 unspecified atom stereocenters. The van der Waals surface area contributed by atoms with Crippen molar-refractivity contribution >= 4 is 16.7 Å². The molecule has 0 spiro atoms. The molecular weight excluding hydrogens is 246 g/mol. The van der Waals surface area contributed by atoms with E-state index in [1.807, 2.05) is 13.0 Å². The summed E-state index contributed by atoms with van der Waals surface area (Å²) >= 11 is 0. The summed E-state index contributed by atoms with van der Waals surface area (Å²) in [6.07, 6.45) is 4.71. The minimum atomic E-state index is -0.242. The second-order valence-electron chi connectivity index (χ2n) is 6.26. The lowest BCUT2D eigenvalue weighted by molar-refractivity contribution is -0.127. The number of ketones is 1. The second kappa shape index (κ2) is 5.82. The number of carbonyl (C=O) groups is 1. The minimum absolute atomic E-state index is 0.242. The van der Waals surface area contributed by atoms with E-state index in [-0.39, 0.29) is 5.41 Å². The number of aromatic amines is 1. The van der Waals surface area contributed by atoms with Gasteiger partial charge in [-0.1, -0.05) is 45.9 Å². The highest BCUT2D eigenvalue weighted by molar-refractivity contribution is 5.85. The van der Waals surface area contributed by atoms with Gasteiger partial charge in [0.15, 0.2) is 0 Å². The van der Waals surface area contributed by atoms with Gasteiger partial charge in [0.05, 0.1) is 0 Å². The zero-order valence-electron chi connectivity index (χ0n) is 13.0. The fourth-order valence-electron chi connectivity index (χ4n) is 3.11. The summed E-state index contributed by atoms with van der Waals surface area (Å²) in [5.74, 6) is 0.785. The first-order valence-corrected chi connectivity index (χ1v) is 7.59. The predicted molar refractivity (Wildman–Crippen MR) is 85.0 cm³/mol. The Bertz CT molecular complexity index is 594. The van der Waals surface area contributed by atoms with E-state index in [0.29, 0.717) is 18.1 Å².